The van der Waals surface area contributed by atoms with Crippen LogP contribution in [0.4, 0.5) is 0 Å². The molecule has 0 fully saturated rings. The van der Waals surface area contributed by atoms with Crippen LogP contribution in [0.5, 0.6) is 11.5 Å². The van der Waals surface area contributed by atoms with E-state index in [9.17, 15) is 0 Å². The molecule has 0 aromatic heterocycles. The van der Waals surface area contributed by atoms with Gasteiger partial charge in [0.25, 0.3) is 0 Å². The van der Waals surface area contributed by atoms with E-state index in [-0.39, 0.29) is 6.04 Å². The summed E-state index contributed by atoms with van der Waals surface area (Å²) < 4.78 is 5.71. The molecule has 0 aliphatic rings. The van der Waals surface area contributed by atoms with Crippen molar-refractivity contribution in [3.63, 3.8) is 0 Å². The standard InChI is InChI=1S/C15H17NO/c1-2-15(16)12-8-10-14(11-9-12)17-13-6-4-3-5-7-13/h3-11,15H,2,16H2,1H3/t15-/m0/s1. The Morgan fingerprint density at radius 3 is 2.12 bits per heavy atom. The summed E-state index contributed by atoms with van der Waals surface area (Å²) in [5.41, 5.74) is 7.10. The van der Waals surface area contributed by atoms with Crippen LogP contribution in [-0.2, 0) is 0 Å². The highest BCUT2D eigenvalue weighted by molar-refractivity contribution is 5.33. The van der Waals surface area contributed by atoms with Crippen molar-refractivity contribution in [3.05, 3.63) is 60.2 Å². The third kappa shape index (κ3) is 3.08. The highest BCUT2D eigenvalue weighted by Gasteiger charge is 2.03. The van der Waals surface area contributed by atoms with Crippen LogP contribution in [0.3, 0.4) is 0 Å². The second-order valence-corrected chi connectivity index (χ2v) is 4.00. The monoisotopic (exact) mass is 227 g/mol. The van der Waals surface area contributed by atoms with E-state index in [2.05, 4.69) is 6.92 Å². The summed E-state index contributed by atoms with van der Waals surface area (Å²) in [5, 5.41) is 0. The average Bonchev–Trinajstić information content (AvgIpc) is 2.40. The number of hydrogen-bond donors (Lipinski definition) is 1. The molecule has 2 aromatic rings. The highest BCUT2D eigenvalue weighted by Crippen LogP contribution is 2.23. The molecule has 0 aliphatic carbocycles. The molecular formula is C15H17NO. The molecule has 0 radical (unpaired) electrons. The Kier molecular flexibility index (Phi) is 3.78. The topological polar surface area (TPSA) is 35.2 Å². The van der Waals surface area contributed by atoms with E-state index < -0.39 is 0 Å². The van der Waals surface area contributed by atoms with Gasteiger partial charge >= 0.3 is 0 Å². The zero-order valence-electron chi connectivity index (χ0n) is 9.97. The molecule has 2 N–H and O–H groups in total. The fraction of sp³-hybridized carbons (Fsp3) is 0.200. The summed E-state index contributed by atoms with van der Waals surface area (Å²) in [6, 6.07) is 17.8. The molecule has 2 heteroatoms. The maximum atomic E-state index is 5.96. The van der Waals surface area contributed by atoms with Crippen molar-refractivity contribution < 1.29 is 4.74 Å². The maximum Gasteiger partial charge on any atom is 0.127 e. The van der Waals surface area contributed by atoms with E-state index in [0.717, 1.165) is 23.5 Å². The van der Waals surface area contributed by atoms with Gasteiger partial charge in [-0.05, 0) is 36.2 Å². The zero-order valence-corrected chi connectivity index (χ0v) is 9.97. The molecule has 0 saturated carbocycles. The largest absolute Gasteiger partial charge is 0.457 e. The summed E-state index contributed by atoms with van der Waals surface area (Å²) in [6.45, 7) is 2.08. The molecule has 0 aliphatic heterocycles. The second-order valence-electron chi connectivity index (χ2n) is 4.00. The van der Waals surface area contributed by atoms with Gasteiger partial charge in [-0.1, -0.05) is 37.3 Å². The first-order chi connectivity index (χ1) is 8.29. The van der Waals surface area contributed by atoms with Gasteiger partial charge in [-0.3, -0.25) is 0 Å². The molecule has 17 heavy (non-hydrogen) atoms. The Balaban J connectivity index is 2.08. The quantitative estimate of drug-likeness (QED) is 0.860. The van der Waals surface area contributed by atoms with Gasteiger partial charge in [0, 0.05) is 6.04 Å². The van der Waals surface area contributed by atoms with Crippen molar-refractivity contribution in [1.82, 2.24) is 0 Å². The summed E-state index contributed by atoms with van der Waals surface area (Å²) in [6.07, 6.45) is 0.943. The normalized spacial score (nSPS) is 12.1. The van der Waals surface area contributed by atoms with Crippen molar-refractivity contribution in [2.75, 3.05) is 0 Å². The summed E-state index contributed by atoms with van der Waals surface area (Å²) >= 11 is 0. The predicted molar refractivity (Wildman–Crippen MR) is 70.2 cm³/mol. The van der Waals surface area contributed by atoms with E-state index in [1.807, 2.05) is 54.6 Å². The van der Waals surface area contributed by atoms with Crippen LogP contribution >= 0.6 is 0 Å². The molecular weight excluding hydrogens is 210 g/mol. The van der Waals surface area contributed by atoms with E-state index in [0.29, 0.717) is 0 Å². The second kappa shape index (κ2) is 5.51. The number of nitrogens with two attached hydrogens (primary N) is 1. The van der Waals surface area contributed by atoms with Crippen molar-refractivity contribution in [2.45, 2.75) is 19.4 Å². The number of rotatable bonds is 4. The predicted octanol–water partition coefficient (Wildman–Crippen LogP) is 3.89. The molecule has 0 spiro atoms. The van der Waals surface area contributed by atoms with Gasteiger partial charge in [0.1, 0.15) is 11.5 Å². The Morgan fingerprint density at radius 2 is 1.53 bits per heavy atom. The van der Waals surface area contributed by atoms with E-state index in [4.69, 9.17) is 10.5 Å². The van der Waals surface area contributed by atoms with Crippen LogP contribution < -0.4 is 10.5 Å². The highest BCUT2D eigenvalue weighted by atomic mass is 16.5. The minimum absolute atomic E-state index is 0.112. The van der Waals surface area contributed by atoms with Gasteiger partial charge in [-0.15, -0.1) is 0 Å². The first kappa shape index (κ1) is 11.7. The Bertz CT molecular complexity index is 450. The summed E-state index contributed by atoms with van der Waals surface area (Å²) in [7, 11) is 0. The van der Waals surface area contributed by atoms with Crippen molar-refractivity contribution in [2.24, 2.45) is 5.73 Å². The Labute approximate surface area is 102 Å². The molecule has 0 amide bonds. The molecule has 2 nitrogen and oxygen atoms in total. The molecule has 2 aromatic carbocycles. The van der Waals surface area contributed by atoms with Crippen LogP contribution in [0.15, 0.2) is 54.6 Å². The van der Waals surface area contributed by atoms with E-state index in [1.165, 1.54) is 0 Å². The van der Waals surface area contributed by atoms with E-state index in [1.54, 1.807) is 0 Å². The molecule has 1 atom stereocenters. The number of hydrogen-bond acceptors (Lipinski definition) is 2. The SMILES string of the molecule is CC[C@H](N)c1ccc(Oc2ccccc2)cc1. The first-order valence-corrected chi connectivity index (χ1v) is 5.88. The molecule has 2 rings (SSSR count). The Hall–Kier alpha value is -1.80. The van der Waals surface area contributed by atoms with Gasteiger partial charge < -0.3 is 10.5 Å². The van der Waals surface area contributed by atoms with Crippen molar-refractivity contribution in [3.8, 4) is 11.5 Å². The third-order valence-corrected chi connectivity index (χ3v) is 2.73. The minimum atomic E-state index is 0.112. The number of benzene rings is 2. The van der Waals surface area contributed by atoms with Crippen molar-refractivity contribution >= 4 is 0 Å². The molecule has 0 bridgehead atoms. The lowest BCUT2D eigenvalue weighted by Gasteiger charge is -2.10. The molecule has 88 valence electrons. The molecule has 0 unspecified atom stereocenters. The summed E-state index contributed by atoms with van der Waals surface area (Å²) in [4.78, 5) is 0. The summed E-state index contributed by atoms with van der Waals surface area (Å²) in [5.74, 6) is 1.68. The van der Waals surface area contributed by atoms with Crippen LogP contribution in [0.1, 0.15) is 24.9 Å². The zero-order chi connectivity index (χ0) is 12.1. The fourth-order valence-electron chi connectivity index (χ4n) is 1.64. The van der Waals surface area contributed by atoms with Gasteiger partial charge in [-0.25, -0.2) is 0 Å². The number of para-hydroxylation sites is 1. The third-order valence-electron chi connectivity index (χ3n) is 2.73. The van der Waals surface area contributed by atoms with Gasteiger partial charge in [0.2, 0.25) is 0 Å². The van der Waals surface area contributed by atoms with Crippen molar-refractivity contribution in [1.29, 1.82) is 0 Å². The Morgan fingerprint density at radius 1 is 0.941 bits per heavy atom. The average molecular weight is 227 g/mol. The lowest BCUT2D eigenvalue weighted by atomic mass is 10.1. The fourth-order valence-corrected chi connectivity index (χ4v) is 1.64. The lowest BCUT2D eigenvalue weighted by molar-refractivity contribution is 0.482. The molecule has 0 saturated heterocycles. The van der Waals surface area contributed by atoms with Crippen LogP contribution in [-0.4, -0.2) is 0 Å². The lowest BCUT2D eigenvalue weighted by Crippen LogP contribution is -2.07. The van der Waals surface area contributed by atoms with Gasteiger partial charge in [-0.2, -0.15) is 0 Å². The van der Waals surface area contributed by atoms with E-state index >= 15 is 0 Å². The van der Waals surface area contributed by atoms with Crippen LogP contribution in [0.25, 0.3) is 0 Å². The smallest absolute Gasteiger partial charge is 0.127 e. The maximum absolute atomic E-state index is 5.96. The number of ether oxygens (including phenoxy) is 1. The van der Waals surface area contributed by atoms with Crippen LogP contribution in [0, 0.1) is 0 Å². The van der Waals surface area contributed by atoms with Gasteiger partial charge in [0.05, 0.1) is 0 Å². The first-order valence-electron chi connectivity index (χ1n) is 5.88. The van der Waals surface area contributed by atoms with Crippen LogP contribution in [0.2, 0.25) is 0 Å². The molecule has 0 heterocycles. The minimum Gasteiger partial charge on any atom is -0.457 e. The van der Waals surface area contributed by atoms with Gasteiger partial charge in [0.15, 0.2) is 0 Å².